The predicted molar refractivity (Wildman–Crippen MR) is 110 cm³/mol. The van der Waals surface area contributed by atoms with Crippen LogP contribution in [-0.4, -0.2) is 70.0 Å². The van der Waals surface area contributed by atoms with Crippen LogP contribution in [0.1, 0.15) is 15.9 Å². The second kappa shape index (κ2) is 8.71. The summed E-state index contributed by atoms with van der Waals surface area (Å²) in [4.78, 5) is 17.1. The van der Waals surface area contributed by atoms with E-state index in [4.69, 9.17) is 23.7 Å². The van der Waals surface area contributed by atoms with Crippen molar-refractivity contribution in [3.63, 3.8) is 0 Å². The van der Waals surface area contributed by atoms with Crippen LogP contribution in [0.5, 0.6) is 28.7 Å². The SMILES string of the molecule is COc1ccc(CN2CCN(C(=O)c3ccc4c(c3)OCO4)CC2)c(OC)c1OC. The molecule has 0 N–H and O–H groups in total. The molecule has 160 valence electrons. The summed E-state index contributed by atoms with van der Waals surface area (Å²) < 4.78 is 27.1. The van der Waals surface area contributed by atoms with E-state index in [2.05, 4.69) is 4.90 Å². The summed E-state index contributed by atoms with van der Waals surface area (Å²) in [5.41, 5.74) is 1.64. The van der Waals surface area contributed by atoms with E-state index in [9.17, 15) is 4.79 Å². The molecule has 4 rings (SSSR count). The highest BCUT2D eigenvalue weighted by Gasteiger charge is 2.25. The van der Waals surface area contributed by atoms with Gasteiger partial charge in [0, 0.05) is 43.9 Å². The van der Waals surface area contributed by atoms with Crippen molar-refractivity contribution >= 4 is 5.91 Å². The number of rotatable bonds is 6. The monoisotopic (exact) mass is 414 g/mol. The van der Waals surface area contributed by atoms with Crippen molar-refractivity contribution < 1.29 is 28.5 Å². The standard InChI is InChI=1S/C22H26N2O6/c1-26-18-7-5-16(20(27-2)21(18)28-3)13-23-8-10-24(11-9-23)22(25)15-4-6-17-19(12-15)30-14-29-17/h4-7,12H,8-11,13-14H2,1-3H3. The van der Waals surface area contributed by atoms with E-state index in [1.807, 2.05) is 17.0 Å². The smallest absolute Gasteiger partial charge is 0.254 e. The van der Waals surface area contributed by atoms with Crippen molar-refractivity contribution in [3.05, 3.63) is 41.5 Å². The zero-order valence-corrected chi connectivity index (χ0v) is 17.5. The number of fused-ring (bicyclic) bond motifs is 1. The second-order valence-corrected chi connectivity index (χ2v) is 7.13. The Morgan fingerprint density at radius 2 is 1.63 bits per heavy atom. The van der Waals surface area contributed by atoms with Crippen LogP contribution in [-0.2, 0) is 6.54 Å². The fraction of sp³-hybridized carbons (Fsp3) is 0.409. The number of methoxy groups -OCH3 is 3. The minimum atomic E-state index is 0.0108. The molecule has 0 aliphatic carbocycles. The van der Waals surface area contributed by atoms with Crippen molar-refractivity contribution in [1.82, 2.24) is 9.80 Å². The van der Waals surface area contributed by atoms with Crippen LogP contribution in [0.2, 0.25) is 0 Å². The minimum Gasteiger partial charge on any atom is -0.493 e. The molecular formula is C22H26N2O6. The van der Waals surface area contributed by atoms with Crippen LogP contribution in [0.3, 0.4) is 0 Å². The Hall–Kier alpha value is -3.13. The average molecular weight is 414 g/mol. The normalized spacial score (nSPS) is 15.8. The molecule has 0 radical (unpaired) electrons. The third kappa shape index (κ3) is 3.82. The van der Waals surface area contributed by atoms with Crippen LogP contribution in [0, 0.1) is 0 Å². The van der Waals surface area contributed by atoms with Crippen molar-refractivity contribution in [1.29, 1.82) is 0 Å². The highest BCUT2D eigenvalue weighted by atomic mass is 16.7. The van der Waals surface area contributed by atoms with Gasteiger partial charge in [-0.25, -0.2) is 0 Å². The second-order valence-electron chi connectivity index (χ2n) is 7.13. The molecule has 0 spiro atoms. The number of carbonyl (C=O) groups is 1. The van der Waals surface area contributed by atoms with Gasteiger partial charge in [-0.3, -0.25) is 9.69 Å². The molecule has 0 unspecified atom stereocenters. The van der Waals surface area contributed by atoms with Crippen LogP contribution < -0.4 is 23.7 Å². The molecule has 8 heteroatoms. The lowest BCUT2D eigenvalue weighted by molar-refractivity contribution is 0.0627. The third-order valence-corrected chi connectivity index (χ3v) is 5.46. The van der Waals surface area contributed by atoms with E-state index in [0.717, 1.165) is 18.7 Å². The predicted octanol–water partition coefficient (Wildman–Crippen LogP) is 2.40. The third-order valence-electron chi connectivity index (χ3n) is 5.46. The number of piperazine rings is 1. The minimum absolute atomic E-state index is 0.0108. The number of ether oxygens (including phenoxy) is 5. The van der Waals surface area contributed by atoms with Gasteiger partial charge in [0.1, 0.15) is 0 Å². The average Bonchev–Trinajstić information content (AvgIpc) is 3.26. The summed E-state index contributed by atoms with van der Waals surface area (Å²) in [6, 6.07) is 9.21. The van der Waals surface area contributed by atoms with Gasteiger partial charge in [-0.15, -0.1) is 0 Å². The van der Waals surface area contributed by atoms with Gasteiger partial charge < -0.3 is 28.6 Å². The van der Waals surface area contributed by atoms with Gasteiger partial charge in [0.05, 0.1) is 21.3 Å². The van der Waals surface area contributed by atoms with Crippen molar-refractivity contribution in [2.45, 2.75) is 6.54 Å². The summed E-state index contributed by atoms with van der Waals surface area (Å²) in [6.45, 7) is 3.76. The molecule has 2 heterocycles. The number of benzene rings is 2. The largest absolute Gasteiger partial charge is 0.493 e. The Morgan fingerprint density at radius 1 is 0.900 bits per heavy atom. The molecule has 0 bridgehead atoms. The topological polar surface area (TPSA) is 69.7 Å². The fourth-order valence-electron chi connectivity index (χ4n) is 3.85. The maximum absolute atomic E-state index is 12.9. The molecule has 1 amide bonds. The van der Waals surface area contributed by atoms with Crippen LogP contribution >= 0.6 is 0 Å². The highest BCUT2D eigenvalue weighted by Crippen LogP contribution is 2.40. The maximum Gasteiger partial charge on any atom is 0.254 e. The van der Waals surface area contributed by atoms with Crippen molar-refractivity contribution in [2.24, 2.45) is 0 Å². The molecule has 30 heavy (non-hydrogen) atoms. The Morgan fingerprint density at radius 3 is 2.33 bits per heavy atom. The first kappa shape index (κ1) is 20.2. The highest BCUT2D eigenvalue weighted by molar-refractivity contribution is 5.95. The Bertz CT molecular complexity index is 924. The molecule has 2 aromatic rings. The molecule has 2 aliphatic heterocycles. The van der Waals surface area contributed by atoms with Gasteiger partial charge in [0.25, 0.3) is 5.91 Å². The lowest BCUT2D eigenvalue weighted by atomic mass is 10.1. The van der Waals surface area contributed by atoms with E-state index in [-0.39, 0.29) is 12.7 Å². The van der Waals surface area contributed by atoms with Gasteiger partial charge in [-0.2, -0.15) is 0 Å². The first-order valence-electron chi connectivity index (χ1n) is 9.83. The van der Waals surface area contributed by atoms with Gasteiger partial charge in [0.15, 0.2) is 23.0 Å². The number of carbonyl (C=O) groups excluding carboxylic acids is 1. The van der Waals surface area contributed by atoms with Crippen LogP contribution in [0.4, 0.5) is 0 Å². The van der Waals surface area contributed by atoms with Crippen molar-refractivity contribution in [3.8, 4) is 28.7 Å². The van der Waals surface area contributed by atoms with E-state index >= 15 is 0 Å². The molecule has 0 aromatic heterocycles. The Labute approximate surface area is 175 Å². The van der Waals surface area contributed by atoms with Crippen molar-refractivity contribution in [2.75, 3.05) is 54.3 Å². The molecule has 2 aromatic carbocycles. The van der Waals surface area contributed by atoms with Crippen LogP contribution in [0.15, 0.2) is 30.3 Å². The van der Waals surface area contributed by atoms with Gasteiger partial charge in [-0.05, 0) is 24.3 Å². The van der Waals surface area contributed by atoms with E-state index in [1.165, 1.54) is 0 Å². The molecule has 0 atom stereocenters. The molecule has 2 aliphatic rings. The lowest BCUT2D eigenvalue weighted by Crippen LogP contribution is -2.48. The quantitative estimate of drug-likeness (QED) is 0.719. The molecule has 8 nitrogen and oxygen atoms in total. The Balaban J connectivity index is 1.40. The summed E-state index contributed by atoms with van der Waals surface area (Å²) in [6.07, 6.45) is 0. The zero-order valence-electron chi connectivity index (χ0n) is 17.5. The first-order chi connectivity index (χ1) is 14.6. The molecule has 1 saturated heterocycles. The van der Waals surface area contributed by atoms with Gasteiger partial charge in [-0.1, -0.05) is 6.07 Å². The Kier molecular flexibility index (Phi) is 5.85. The zero-order chi connectivity index (χ0) is 21.1. The van der Waals surface area contributed by atoms with Crippen LogP contribution in [0.25, 0.3) is 0 Å². The van der Waals surface area contributed by atoms with E-state index < -0.39 is 0 Å². The number of nitrogens with zero attached hydrogens (tertiary/aromatic N) is 2. The lowest BCUT2D eigenvalue weighted by Gasteiger charge is -2.35. The van der Waals surface area contributed by atoms with E-state index in [0.29, 0.717) is 53.9 Å². The van der Waals surface area contributed by atoms with Gasteiger partial charge >= 0.3 is 0 Å². The molecule has 0 saturated carbocycles. The first-order valence-corrected chi connectivity index (χ1v) is 9.83. The number of hydrogen-bond acceptors (Lipinski definition) is 7. The van der Waals surface area contributed by atoms with E-state index in [1.54, 1.807) is 39.5 Å². The summed E-state index contributed by atoms with van der Waals surface area (Å²) in [5, 5.41) is 0. The fourth-order valence-corrected chi connectivity index (χ4v) is 3.85. The maximum atomic E-state index is 12.9. The summed E-state index contributed by atoms with van der Waals surface area (Å²) >= 11 is 0. The summed E-state index contributed by atoms with van der Waals surface area (Å²) in [5.74, 6) is 3.22. The number of hydrogen-bond donors (Lipinski definition) is 0. The number of amides is 1. The summed E-state index contributed by atoms with van der Waals surface area (Å²) in [7, 11) is 4.83. The molecular weight excluding hydrogens is 388 g/mol. The van der Waals surface area contributed by atoms with Gasteiger partial charge in [0.2, 0.25) is 12.5 Å². The molecule has 1 fully saturated rings.